The van der Waals surface area contributed by atoms with Gasteiger partial charge in [0.05, 0.1) is 15.6 Å². The maximum absolute atomic E-state index is 12.3. The molecule has 112 valence electrons. The van der Waals surface area contributed by atoms with Crippen molar-refractivity contribution >= 4 is 43.2 Å². The highest BCUT2D eigenvalue weighted by Gasteiger charge is 2.15. The van der Waals surface area contributed by atoms with E-state index in [0.717, 1.165) is 10.0 Å². The van der Waals surface area contributed by atoms with E-state index < -0.39 is 10.0 Å². The van der Waals surface area contributed by atoms with Crippen molar-refractivity contribution in [3.05, 3.63) is 57.5 Å². The third kappa shape index (κ3) is 4.20. The van der Waals surface area contributed by atoms with Crippen LogP contribution in [0.3, 0.4) is 0 Å². The van der Waals surface area contributed by atoms with Crippen molar-refractivity contribution in [1.29, 1.82) is 0 Å². The van der Waals surface area contributed by atoms with E-state index in [0.29, 0.717) is 17.3 Å². The predicted octanol–water partition coefficient (Wildman–Crippen LogP) is 3.62. The van der Waals surface area contributed by atoms with Gasteiger partial charge in [-0.15, -0.1) is 0 Å². The van der Waals surface area contributed by atoms with E-state index in [1.165, 1.54) is 0 Å². The topological polar surface area (TPSA) is 58.2 Å². The number of halogens is 2. The van der Waals surface area contributed by atoms with E-state index in [9.17, 15) is 8.42 Å². The van der Waals surface area contributed by atoms with Gasteiger partial charge in [0.25, 0.3) is 10.0 Å². The van der Waals surface area contributed by atoms with Crippen molar-refractivity contribution in [1.82, 2.24) is 5.32 Å². The van der Waals surface area contributed by atoms with Crippen LogP contribution < -0.4 is 10.0 Å². The van der Waals surface area contributed by atoms with E-state index in [2.05, 4.69) is 26.0 Å². The second-order valence-electron chi connectivity index (χ2n) is 4.40. The van der Waals surface area contributed by atoms with Crippen molar-refractivity contribution in [2.24, 2.45) is 0 Å². The molecular formula is C14H14BrClN2O2S. The van der Waals surface area contributed by atoms with Gasteiger partial charge < -0.3 is 5.32 Å². The normalized spacial score (nSPS) is 11.4. The largest absolute Gasteiger partial charge is 0.316 e. The Balaban J connectivity index is 2.27. The van der Waals surface area contributed by atoms with E-state index in [1.54, 1.807) is 42.5 Å². The molecule has 0 atom stereocenters. The van der Waals surface area contributed by atoms with Gasteiger partial charge in [-0.3, -0.25) is 4.72 Å². The molecule has 0 radical (unpaired) electrons. The minimum absolute atomic E-state index is 0.193. The van der Waals surface area contributed by atoms with E-state index >= 15 is 0 Å². The van der Waals surface area contributed by atoms with Crippen LogP contribution in [0.15, 0.2) is 51.8 Å². The van der Waals surface area contributed by atoms with Crippen molar-refractivity contribution in [2.45, 2.75) is 11.4 Å². The highest BCUT2D eigenvalue weighted by atomic mass is 79.9. The van der Waals surface area contributed by atoms with Crippen LogP contribution in [-0.2, 0) is 16.6 Å². The molecule has 0 saturated carbocycles. The number of anilines is 1. The summed E-state index contributed by atoms with van der Waals surface area (Å²) in [5.41, 5.74) is 1.35. The summed E-state index contributed by atoms with van der Waals surface area (Å²) in [5, 5.41) is 3.35. The quantitative estimate of drug-likeness (QED) is 0.821. The van der Waals surface area contributed by atoms with Crippen molar-refractivity contribution in [2.75, 3.05) is 11.8 Å². The monoisotopic (exact) mass is 388 g/mol. The van der Waals surface area contributed by atoms with Crippen LogP contribution in [0.4, 0.5) is 5.69 Å². The number of nitrogens with one attached hydrogen (secondary N) is 2. The van der Waals surface area contributed by atoms with Gasteiger partial charge in [-0.1, -0.05) is 39.7 Å². The zero-order valence-electron chi connectivity index (χ0n) is 11.2. The third-order valence-corrected chi connectivity index (χ3v) is 4.99. The molecule has 0 spiro atoms. The molecular weight excluding hydrogens is 376 g/mol. The molecule has 0 fully saturated rings. The first-order valence-corrected chi connectivity index (χ1v) is 8.79. The summed E-state index contributed by atoms with van der Waals surface area (Å²) >= 11 is 9.29. The molecule has 0 aliphatic rings. The summed E-state index contributed by atoms with van der Waals surface area (Å²) in [7, 11) is -1.83. The van der Waals surface area contributed by atoms with E-state index in [1.807, 2.05) is 7.05 Å². The molecule has 2 aromatic carbocycles. The molecule has 0 aliphatic heterocycles. The lowest BCUT2D eigenvalue weighted by Gasteiger charge is -2.10. The number of rotatable bonds is 5. The maximum Gasteiger partial charge on any atom is 0.261 e. The molecule has 0 bridgehead atoms. The van der Waals surface area contributed by atoms with E-state index in [-0.39, 0.29) is 4.90 Å². The molecule has 2 N–H and O–H groups in total. The fourth-order valence-electron chi connectivity index (χ4n) is 1.77. The smallest absolute Gasteiger partial charge is 0.261 e. The summed E-state index contributed by atoms with van der Waals surface area (Å²) in [4.78, 5) is 0.193. The van der Waals surface area contributed by atoms with Gasteiger partial charge in [0, 0.05) is 11.0 Å². The van der Waals surface area contributed by atoms with Gasteiger partial charge in [0.15, 0.2) is 0 Å². The second-order valence-corrected chi connectivity index (χ2v) is 7.41. The minimum atomic E-state index is -3.66. The Morgan fingerprint density at radius 3 is 2.43 bits per heavy atom. The highest BCUT2D eigenvalue weighted by Crippen LogP contribution is 2.28. The fraction of sp³-hybridized carbons (Fsp3) is 0.143. The molecule has 21 heavy (non-hydrogen) atoms. The van der Waals surface area contributed by atoms with Crippen molar-refractivity contribution in [3.63, 3.8) is 0 Å². The van der Waals surface area contributed by atoms with Crippen LogP contribution in [0.5, 0.6) is 0 Å². The van der Waals surface area contributed by atoms with Gasteiger partial charge in [0.2, 0.25) is 0 Å². The van der Waals surface area contributed by atoms with E-state index in [4.69, 9.17) is 11.6 Å². The zero-order chi connectivity index (χ0) is 15.5. The first kappa shape index (κ1) is 16.3. The highest BCUT2D eigenvalue weighted by molar-refractivity contribution is 9.10. The molecule has 7 heteroatoms. The minimum Gasteiger partial charge on any atom is -0.316 e. The van der Waals surface area contributed by atoms with Crippen LogP contribution in [0.25, 0.3) is 0 Å². The van der Waals surface area contributed by atoms with Gasteiger partial charge in [-0.25, -0.2) is 8.42 Å². The van der Waals surface area contributed by atoms with Crippen LogP contribution in [0.1, 0.15) is 5.56 Å². The molecule has 0 amide bonds. The van der Waals surface area contributed by atoms with Crippen LogP contribution >= 0.6 is 27.5 Å². The summed E-state index contributed by atoms with van der Waals surface area (Å²) < 4.78 is 27.9. The number of hydrogen-bond donors (Lipinski definition) is 2. The number of benzene rings is 2. The Labute approximate surface area is 137 Å². The third-order valence-electron chi connectivity index (χ3n) is 2.79. The van der Waals surface area contributed by atoms with Crippen LogP contribution in [-0.4, -0.2) is 15.5 Å². The lowest BCUT2D eigenvalue weighted by atomic mass is 10.2. The summed E-state index contributed by atoms with van der Waals surface area (Å²) in [5.74, 6) is 0. The Morgan fingerprint density at radius 2 is 1.81 bits per heavy atom. The molecule has 0 heterocycles. The average Bonchev–Trinajstić information content (AvgIpc) is 2.44. The second kappa shape index (κ2) is 6.79. The Hall–Kier alpha value is -1.08. The fourth-order valence-corrected chi connectivity index (χ4v) is 3.42. The summed E-state index contributed by atoms with van der Waals surface area (Å²) in [6, 6.07) is 11.7. The molecule has 0 aromatic heterocycles. The van der Waals surface area contributed by atoms with Gasteiger partial charge in [0.1, 0.15) is 0 Å². The average molecular weight is 390 g/mol. The van der Waals surface area contributed by atoms with Crippen LogP contribution in [0, 0.1) is 0 Å². The molecule has 0 unspecified atom stereocenters. The Bertz CT molecular complexity index is 733. The zero-order valence-corrected chi connectivity index (χ0v) is 14.4. The summed E-state index contributed by atoms with van der Waals surface area (Å²) in [6.45, 7) is 0.686. The Morgan fingerprint density at radius 1 is 1.14 bits per heavy atom. The maximum atomic E-state index is 12.3. The SMILES string of the molecule is CNCc1ccc(S(=O)(=O)Nc2cc(Br)ccc2Cl)cc1. The molecule has 4 nitrogen and oxygen atoms in total. The molecule has 0 aliphatic carbocycles. The Kier molecular flexibility index (Phi) is 5.27. The first-order chi connectivity index (χ1) is 9.92. The van der Waals surface area contributed by atoms with Crippen LogP contribution in [0.2, 0.25) is 5.02 Å². The standard InChI is InChI=1S/C14H14BrClN2O2S/c1-17-9-10-2-5-12(6-3-10)21(19,20)18-14-8-11(15)4-7-13(14)16/h2-8,17-18H,9H2,1H3. The lowest BCUT2D eigenvalue weighted by molar-refractivity contribution is 0.601. The van der Waals surface area contributed by atoms with Gasteiger partial charge in [-0.2, -0.15) is 0 Å². The van der Waals surface area contributed by atoms with Gasteiger partial charge >= 0.3 is 0 Å². The summed E-state index contributed by atoms with van der Waals surface area (Å²) in [6.07, 6.45) is 0. The number of hydrogen-bond acceptors (Lipinski definition) is 3. The molecule has 0 saturated heterocycles. The molecule has 2 aromatic rings. The number of sulfonamides is 1. The van der Waals surface area contributed by atoms with Crippen molar-refractivity contribution in [3.8, 4) is 0 Å². The predicted molar refractivity (Wildman–Crippen MR) is 89.2 cm³/mol. The van der Waals surface area contributed by atoms with Gasteiger partial charge in [-0.05, 0) is 42.9 Å². The molecule has 2 rings (SSSR count). The van der Waals surface area contributed by atoms with Crippen molar-refractivity contribution < 1.29 is 8.42 Å². The lowest BCUT2D eigenvalue weighted by Crippen LogP contribution is -2.13. The first-order valence-electron chi connectivity index (χ1n) is 6.14.